The maximum absolute atomic E-state index is 12.1. The van der Waals surface area contributed by atoms with Crippen LogP contribution in [-0.2, 0) is 25.5 Å². The van der Waals surface area contributed by atoms with E-state index in [2.05, 4.69) is 10.9 Å². The summed E-state index contributed by atoms with van der Waals surface area (Å²) in [6.07, 6.45) is -0.0171. The summed E-state index contributed by atoms with van der Waals surface area (Å²) in [5.41, 5.74) is 5.51. The zero-order chi connectivity index (χ0) is 21.3. The fourth-order valence-corrected chi connectivity index (χ4v) is 2.55. The van der Waals surface area contributed by atoms with Crippen molar-refractivity contribution in [2.75, 3.05) is 19.8 Å². The number of benzene rings is 2. The van der Waals surface area contributed by atoms with Crippen molar-refractivity contribution in [1.29, 1.82) is 0 Å². The molecule has 2 amide bonds. The Labute approximate surface area is 173 Å². The van der Waals surface area contributed by atoms with Crippen LogP contribution in [0.5, 0.6) is 17.2 Å². The molecule has 3 rings (SSSR count). The predicted octanol–water partition coefficient (Wildman–Crippen LogP) is 1.16. The van der Waals surface area contributed by atoms with Crippen molar-refractivity contribution >= 4 is 17.8 Å². The second-order valence-corrected chi connectivity index (χ2v) is 6.35. The van der Waals surface area contributed by atoms with Crippen molar-refractivity contribution in [2.45, 2.75) is 19.4 Å². The van der Waals surface area contributed by atoms with E-state index < -0.39 is 30.5 Å². The Hall–Kier alpha value is -3.75. The molecule has 0 unspecified atom stereocenters. The number of ether oxygens (including phenoxy) is 4. The minimum atomic E-state index is -0.921. The van der Waals surface area contributed by atoms with Crippen LogP contribution in [0.25, 0.3) is 0 Å². The van der Waals surface area contributed by atoms with Crippen molar-refractivity contribution in [3.63, 3.8) is 0 Å². The molecule has 1 aliphatic rings. The molecule has 0 aliphatic carbocycles. The number of carbonyl (C=O) groups is 3. The Morgan fingerprint density at radius 2 is 1.73 bits per heavy atom. The zero-order valence-electron chi connectivity index (χ0n) is 16.4. The number of hydrazine groups is 1. The Bertz CT molecular complexity index is 898. The van der Waals surface area contributed by atoms with Gasteiger partial charge >= 0.3 is 5.97 Å². The average molecular weight is 414 g/mol. The normalized spacial score (nSPS) is 14.4. The summed E-state index contributed by atoms with van der Waals surface area (Å²) >= 11 is 0. The highest BCUT2D eigenvalue weighted by Gasteiger charge is 2.27. The van der Waals surface area contributed by atoms with Gasteiger partial charge in [-0.25, -0.2) is 4.79 Å². The molecule has 0 saturated heterocycles. The monoisotopic (exact) mass is 414 g/mol. The first-order chi connectivity index (χ1) is 14.5. The Balaban J connectivity index is 1.33. The summed E-state index contributed by atoms with van der Waals surface area (Å²) in [7, 11) is 0. The first-order valence-corrected chi connectivity index (χ1v) is 9.39. The van der Waals surface area contributed by atoms with Crippen molar-refractivity contribution < 1.29 is 33.3 Å². The SMILES string of the molecule is CCc1ccc(OCC(=O)OCC(=O)NNC(=O)[C@@H]2COc3ccccc3O2)cc1. The minimum Gasteiger partial charge on any atom is -0.485 e. The summed E-state index contributed by atoms with van der Waals surface area (Å²) in [5.74, 6) is -0.507. The van der Waals surface area contributed by atoms with Crippen LogP contribution in [0.2, 0.25) is 0 Å². The van der Waals surface area contributed by atoms with E-state index in [4.69, 9.17) is 18.9 Å². The Kier molecular flexibility index (Phi) is 7.09. The fraction of sp³-hybridized carbons (Fsp3) is 0.286. The van der Waals surface area contributed by atoms with E-state index in [1.165, 1.54) is 0 Å². The molecule has 1 heterocycles. The van der Waals surface area contributed by atoms with Gasteiger partial charge in [-0.1, -0.05) is 31.2 Å². The van der Waals surface area contributed by atoms with Gasteiger partial charge < -0.3 is 18.9 Å². The van der Waals surface area contributed by atoms with E-state index in [1.807, 2.05) is 19.1 Å². The van der Waals surface area contributed by atoms with E-state index in [0.717, 1.165) is 12.0 Å². The topological polar surface area (TPSA) is 112 Å². The maximum atomic E-state index is 12.1. The second-order valence-electron chi connectivity index (χ2n) is 6.35. The molecule has 30 heavy (non-hydrogen) atoms. The lowest BCUT2D eigenvalue weighted by atomic mass is 10.2. The lowest BCUT2D eigenvalue weighted by molar-refractivity contribution is -0.151. The first-order valence-electron chi connectivity index (χ1n) is 9.39. The molecule has 1 aliphatic heterocycles. The number of carbonyl (C=O) groups excluding carboxylic acids is 3. The van der Waals surface area contributed by atoms with E-state index in [-0.39, 0.29) is 13.2 Å². The highest BCUT2D eigenvalue weighted by atomic mass is 16.6. The number of amides is 2. The summed E-state index contributed by atoms with van der Waals surface area (Å²) in [6.45, 7) is 1.14. The van der Waals surface area contributed by atoms with Gasteiger partial charge in [-0.05, 0) is 36.2 Å². The number of hydrogen-bond donors (Lipinski definition) is 2. The highest BCUT2D eigenvalue weighted by molar-refractivity contribution is 5.86. The van der Waals surface area contributed by atoms with Crippen LogP contribution in [0.3, 0.4) is 0 Å². The molecule has 0 saturated carbocycles. The largest absolute Gasteiger partial charge is 0.485 e. The van der Waals surface area contributed by atoms with Crippen molar-refractivity contribution in [1.82, 2.24) is 10.9 Å². The average Bonchev–Trinajstić information content (AvgIpc) is 2.79. The van der Waals surface area contributed by atoms with Crippen LogP contribution in [0.15, 0.2) is 48.5 Å². The van der Waals surface area contributed by atoms with Crippen LogP contribution < -0.4 is 25.1 Å². The smallest absolute Gasteiger partial charge is 0.344 e. The van der Waals surface area contributed by atoms with Gasteiger partial charge in [0.25, 0.3) is 11.8 Å². The quantitative estimate of drug-likeness (QED) is 0.516. The molecular formula is C21H22N2O7. The number of rotatable bonds is 7. The number of nitrogens with one attached hydrogen (secondary N) is 2. The van der Waals surface area contributed by atoms with Gasteiger partial charge in [0.15, 0.2) is 24.7 Å². The standard InChI is InChI=1S/C21H22N2O7/c1-2-14-7-9-15(10-8-14)27-13-20(25)29-12-19(24)22-23-21(26)18-11-28-16-5-3-4-6-17(16)30-18/h3-10,18H,2,11-13H2,1H3,(H,22,24)(H,23,26)/t18-/m0/s1. The number of hydrogen-bond acceptors (Lipinski definition) is 7. The van der Waals surface area contributed by atoms with Gasteiger partial charge in [0, 0.05) is 0 Å². The molecule has 0 spiro atoms. The third-order valence-corrected chi connectivity index (χ3v) is 4.18. The van der Waals surface area contributed by atoms with E-state index in [0.29, 0.717) is 17.2 Å². The van der Waals surface area contributed by atoms with Gasteiger partial charge in [0.2, 0.25) is 6.10 Å². The summed E-state index contributed by atoms with van der Waals surface area (Å²) in [4.78, 5) is 35.6. The third-order valence-electron chi connectivity index (χ3n) is 4.18. The number of para-hydroxylation sites is 2. The molecule has 2 aromatic rings. The minimum absolute atomic E-state index is 0.00424. The molecule has 2 aromatic carbocycles. The maximum Gasteiger partial charge on any atom is 0.344 e. The Morgan fingerprint density at radius 3 is 2.47 bits per heavy atom. The number of fused-ring (bicyclic) bond motifs is 1. The van der Waals surface area contributed by atoms with Gasteiger partial charge in [-0.2, -0.15) is 0 Å². The summed E-state index contributed by atoms with van der Waals surface area (Å²) < 4.78 is 21.1. The molecule has 9 nitrogen and oxygen atoms in total. The lowest BCUT2D eigenvalue weighted by Crippen LogP contribution is -2.51. The van der Waals surface area contributed by atoms with Crippen molar-refractivity contribution in [2.24, 2.45) is 0 Å². The molecule has 1 atom stereocenters. The molecule has 2 N–H and O–H groups in total. The van der Waals surface area contributed by atoms with Gasteiger partial charge in [-0.15, -0.1) is 0 Å². The molecule has 0 aromatic heterocycles. The van der Waals surface area contributed by atoms with E-state index >= 15 is 0 Å². The number of esters is 1. The van der Waals surface area contributed by atoms with Crippen LogP contribution >= 0.6 is 0 Å². The first kappa shape index (κ1) is 21.0. The Morgan fingerprint density at radius 1 is 1.00 bits per heavy atom. The molecule has 9 heteroatoms. The second kappa shape index (κ2) is 10.1. The fourth-order valence-electron chi connectivity index (χ4n) is 2.55. The molecule has 0 radical (unpaired) electrons. The lowest BCUT2D eigenvalue weighted by Gasteiger charge is -2.25. The molecular weight excluding hydrogens is 392 g/mol. The van der Waals surface area contributed by atoms with Crippen LogP contribution in [0.4, 0.5) is 0 Å². The summed E-state index contributed by atoms with van der Waals surface area (Å²) in [6, 6.07) is 14.2. The summed E-state index contributed by atoms with van der Waals surface area (Å²) in [5, 5.41) is 0. The van der Waals surface area contributed by atoms with Crippen molar-refractivity contribution in [3.8, 4) is 17.2 Å². The highest BCUT2D eigenvalue weighted by Crippen LogP contribution is 2.30. The van der Waals surface area contributed by atoms with Gasteiger partial charge in [-0.3, -0.25) is 20.4 Å². The van der Waals surface area contributed by atoms with Gasteiger partial charge in [0.05, 0.1) is 0 Å². The number of aryl methyl sites for hydroxylation is 1. The van der Waals surface area contributed by atoms with Gasteiger partial charge in [0.1, 0.15) is 12.4 Å². The van der Waals surface area contributed by atoms with E-state index in [1.54, 1.807) is 36.4 Å². The van der Waals surface area contributed by atoms with E-state index in [9.17, 15) is 14.4 Å². The zero-order valence-corrected chi connectivity index (χ0v) is 16.4. The van der Waals surface area contributed by atoms with Crippen LogP contribution in [0.1, 0.15) is 12.5 Å². The molecule has 0 bridgehead atoms. The van der Waals surface area contributed by atoms with Crippen LogP contribution in [-0.4, -0.2) is 43.7 Å². The molecule has 158 valence electrons. The van der Waals surface area contributed by atoms with Crippen LogP contribution in [0, 0.1) is 0 Å². The third kappa shape index (κ3) is 5.87. The molecule has 0 fully saturated rings. The van der Waals surface area contributed by atoms with Crippen molar-refractivity contribution in [3.05, 3.63) is 54.1 Å². The predicted molar refractivity (Wildman–Crippen MR) is 105 cm³/mol.